The zero-order valence-corrected chi connectivity index (χ0v) is 16.4. The first-order valence-corrected chi connectivity index (χ1v) is 9.75. The summed E-state index contributed by atoms with van der Waals surface area (Å²) in [5.41, 5.74) is 2.32. The van der Waals surface area contributed by atoms with E-state index in [-0.39, 0.29) is 16.6 Å². The van der Waals surface area contributed by atoms with Gasteiger partial charge in [-0.1, -0.05) is 24.3 Å². The van der Waals surface area contributed by atoms with E-state index in [1.807, 2.05) is 25.1 Å². The standard InChI is InChI=1S/C22H18F2N2O2S/c1-14-5-4-6-16(11-14)25-22(28)17-7-2-3-8-19(17)26-21(27)13-29-20-10-9-15(23)12-18(20)24/h2-12H,13H2,1H3,(H,25,28)(H,26,27). The SMILES string of the molecule is Cc1cccc(NC(=O)c2ccccc2NC(=O)CSc2ccc(F)cc2F)c1. The quantitative estimate of drug-likeness (QED) is 0.543. The number of hydrogen-bond donors (Lipinski definition) is 2. The van der Waals surface area contributed by atoms with E-state index in [1.165, 1.54) is 6.07 Å². The number of para-hydroxylation sites is 1. The molecule has 4 nitrogen and oxygen atoms in total. The minimum atomic E-state index is -0.722. The van der Waals surface area contributed by atoms with Crippen LogP contribution < -0.4 is 10.6 Å². The molecule has 0 atom stereocenters. The third-order valence-corrected chi connectivity index (χ3v) is 5.02. The molecule has 0 fully saturated rings. The summed E-state index contributed by atoms with van der Waals surface area (Å²) in [7, 11) is 0. The number of carbonyl (C=O) groups excluding carboxylic acids is 2. The predicted octanol–water partition coefficient (Wildman–Crippen LogP) is 5.26. The van der Waals surface area contributed by atoms with E-state index in [9.17, 15) is 18.4 Å². The normalized spacial score (nSPS) is 10.4. The van der Waals surface area contributed by atoms with Gasteiger partial charge in [0.25, 0.3) is 5.91 Å². The Morgan fingerprint density at radius 3 is 2.48 bits per heavy atom. The van der Waals surface area contributed by atoms with Gasteiger partial charge in [0.1, 0.15) is 11.6 Å². The van der Waals surface area contributed by atoms with Gasteiger partial charge in [0.2, 0.25) is 5.91 Å². The first kappa shape index (κ1) is 20.5. The van der Waals surface area contributed by atoms with Crippen LogP contribution >= 0.6 is 11.8 Å². The Morgan fingerprint density at radius 1 is 0.931 bits per heavy atom. The fourth-order valence-electron chi connectivity index (χ4n) is 2.63. The number of amides is 2. The lowest BCUT2D eigenvalue weighted by molar-refractivity contribution is -0.113. The molecule has 2 N–H and O–H groups in total. The van der Waals surface area contributed by atoms with Crippen LogP contribution in [0, 0.1) is 18.6 Å². The van der Waals surface area contributed by atoms with Crippen molar-refractivity contribution in [2.24, 2.45) is 0 Å². The summed E-state index contributed by atoms with van der Waals surface area (Å²) in [6.07, 6.45) is 0. The van der Waals surface area contributed by atoms with E-state index < -0.39 is 17.5 Å². The second-order valence-electron chi connectivity index (χ2n) is 6.28. The maximum Gasteiger partial charge on any atom is 0.257 e. The van der Waals surface area contributed by atoms with E-state index in [1.54, 1.807) is 30.3 Å². The van der Waals surface area contributed by atoms with Gasteiger partial charge in [-0.3, -0.25) is 9.59 Å². The molecule has 2 amide bonds. The molecule has 0 radical (unpaired) electrons. The third-order valence-electron chi connectivity index (χ3n) is 3.97. The summed E-state index contributed by atoms with van der Waals surface area (Å²) in [6.45, 7) is 1.92. The lowest BCUT2D eigenvalue weighted by atomic mass is 10.1. The largest absolute Gasteiger partial charge is 0.325 e. The number of rotatable bonds is 6. The average Bonchev–Trinajstić information content (AvgIpc) is 2.67. The summed E-state index contributed by atoms with van der Waals surface area (Å²) < 4.78 is 26.7. The average molecular weight is 412 g/mol. The van der Waals surface area contributed by atoms with E-state index in [0.717, 1.165) is 29.5 Å². The molecule has 0 bridgehead atoms. The smallest absolute Gasteiger partial charge is 0.257 e. The summed E-state index contributed by atoms with van der Waals surface area (Å²) in [5, 5.41) is 5.48. The van der Waals surface area contributed by atoms with Gasteiger partial charge in [-0.25, -0.2) is 8.78 Å². The van der Waals surface area contributed by atoms with Gasteiger partial charge in [0.15, 0.2) is 0 Å². The van der Waals surface area contributed by atoms with E-state index in [4.69, 9.17) is 0 Å². The lowest BCUT2D eigenvalue weighted by Crippen LogP contribution is -2.19. The van der Waals surface area contributed by atoms with Crippen LogP contribution in [0.15, 0.2) is 71.6 Å². The molecule has 29 heavy (non-hydrogen) atoms. The van der Waals surface area contributed by atoms with Crippen molar-refractivity contribution in [1.29, 1.82) is 0 Å². The molecular weight excluding hydrogens is 394 g/mol. The molecule has 0 spiro atoms. The Bertz CT molecular complexity index is 1060. The topological polar surface area (TPSA) is 58.2 Å². The Kier molecular flexibility index (Phi) is 6.61. The van der Waals surface area contributed by atoms with Crippen LogP contribution in [-0.4, -0.2) is 17.6 Å². The van der Waals surface area contributed by atoms with Crippen molar-refractivity contribution in [2.45, 2.75) is 11.8 Å². The van der Waals surface area contributed by atoms with Crippen LogP contribution in [-0.2, 0) is 4.79 Å². The number of benzene rings is 3. The molecule has 0 aliphatic carbocycles. The van der Waals surface area contributed by atoms with Gasteiger partial charge < -0.3 is 10.6 Å². The molecule has 0 unspecified atom stereocenters. The fourth-order valence-corrected chi connectivity index (χ4v) is 3.35. The number of nitrogens with one attached hydrogen (secondary N) is 2. The second-order valence-corrected chi connectivity index (χ2v) is 7.30. The summed E-state index contributed by atoms with van der Waals surface area (Å²) >= 11 is 0.947. The van der Waals surface area contributed by atoms with Crippen LogP contribution in [0.3, 0.4) is 0 Å². The Balaban J connectivity index is 1.66. The van der Waals surface area contributed by atoms with Crippen molar-refractivity contribution >= 4 is 35.0 Å². The lowest BCUT2D eigenvalue weighted by Gasteiger charge is -2.12. The summed E-state index contributed by atoms with van der Waals surface area (Å²) in [6, 6.07) is 17.2. The van der Waals surface area contributed by atoms with Gasteiger partial charge in [-0.15, -0.1) is 11.8 Å². The molecule has 0 saturated carbocycles. The highest BCUT2D eigenvalue weighted by atomic mass is 32.2. The molecule has 3 rings (SSSR count). The highest BCUT2D eigenvalue weighted by molar-refractivity contribution is 8.00. The van der Waals surface area contributed by atoms with Crippen molar-refractivity contribution in [2.75, 3.05) is 16.4 Å². The first-order chi connectivity index (χ1) is 13.9. The minimum absolute atomic E-state index is 0.0869. The summed E-state index contributed by atoms with van der Waals surface area (Å²) in [4.78, 5) is 25.1. The van der Waals surface area contributed by atoms with Crippen molar-refractivity contribution in [1.82, 2.24) is 0 Å². The van der Waals surface area contributed by atoms with Crippen LogP contribution in [0.5, 0.6) is 0 Å². The van der Waals surface area contributed by atoms with Gasteiger partial charge in [-0.05, 0) is 48.9 Å². The molecule has 0 aliphatic rings. The number of thioether (sulfide) groups is 1. The van der Waals surface area contributed by atoms with Crippen LogP contribution in [0.25, 0.3) is 0 Å². The number of carbonyl (C=O) groups is 2. The number of aryl methyl sites for hydroxylation is 1. The molecule has 3 aromatic carbocycles. The fraction of sp³-hybridized carbons (Fsp3) is 0.0909. The first-order valence-electron chi connectivity index (χ1n) is 8.77. The molecule has 0 heterocycles. The van der Waals surface area contributed by atoms with E-state index in [2.05, 4.69) is 10.6 Å². The van der Waals surface area contributed by atoms with Crippen molar-refractivity contribution in [3.05, 3.63) is 89.5 Å². The van der Waals surface area contributed by atoms with E-state index in [0.29, 0.717) is 16.9 Å². The highest BCUT2D eigenvalue weighted by Gasteiger charge is 2.14. The Labute approximate surface area is 171 Å². The molecule has 0 aromatic heterocycles. The molecule has 7 heteroatoms. The second kappa shape index (κ2) is 9.34. The van der Waals surface area contributed by atoms with Gasteiger partial charge in [0.05, 0.1) is 17.0 Å². The third kappa shape index (κ3) is 5.65. The molecular formula is C22H18F2N2O2S. The minimum Gasteiger partial charge on any atom is -0.325 e. The summed E-state index contributed by atoms with van der Waals surface area (Å²) in [5.74, 6) is -2.25. The monoisotopic (exact) mass is 412 g/mol. The number of anilines is 2. The Hall–Kier alpha value is -3.19. The number of halogens is 2. The zero-order valence-electron chi connectivity index (χ0n) is 15.5. The van der Waals surface area contributed by atoms with Crippen LogP contribution in [0.4, 0.5) is 20.2 Å². The Morgan fingerprint density at radius 2 is 1.72 bits per heavy atom. The zero-order chi connectivity index (χ0) is 20.8. The van der Waals surface area contributed by atoms with E-state index >= 15 is 0 Å². The molecule has 148 valence electrons. The van der Waals surface area contributed by atoms with Crippen molar-refractivity contribution in [3.8, 4) is 0 Å². The molecule has 0 aliphatic heterocycles. The molecule has 0 saturated heterocycles. The van der Waals surface area contributed by atoms with Crippen LogP contribution in [0.1, 0.15) is 15.9 Å². The molecule has 3 aromatic rings. The van der Waals surface area contributed by atoms with Gasteiger partial charge in [-0.2, -0.15) is 0 Å². The maximum absolute atomic E-state index is 13.7. The highest BCUT2D eigenvalue weighted by Crippen LogP contribution is 2.23. The predicted molar refractivity (Wildman–Crippen MR) is 111 cm³/mol. The number of hydrogen-bond acceptors (Lipinski definition) is 3. The van der Waals surface area contributed by atoms with Gasteiger partial charge >= 0.3 is 0 Å². The van der Waals surface area contributed by atoms with Crippen molar-refractivity contribution < 1.29 is 18.4 Å². The van der Waals surface area contributed by atoms with Crippen LogP contribution in [0.2, 0.25) is 0 Å². The maximum atomic E-state index is 13.7. The van der Waals surface area contributed by atoms with Crippen molar-refractivity contribution in [3.63, 3.8) is 0 Å². The van der Waals surface area contributed by atoms with Gasteiger partial charge in [0, 0.05) is 16.6 Å².